The van der Waals surface area contributed by atoms with Crippen molar-refractivity contribution in [3.63, 3.8) is 0 Å². The van der Waals surface area contributed by atoms with Crippen molar-refractivity contribution in [2.45, 2.75) is 32.4 Å². The summed E-state index contributed by atoms with van der Waals surface area (Å²) < 4.78 is 0. The SMILES string of the molecule is CN(C)[C@@H]1CN(C(=O)O)CC1(O)C(C)(C)C. The number of aliphatic hydroxyl groups is 1. The maximum absolute atomic E-state index is 11.0. The maximum atomic E-state index is 11.0. The van der Waals surface area contributed by atoms with Gasteiger partial charge < -0.3 is 20.0 Å². The van der Waals surface area contributed by atoms with Crippen molar-refractivity contribution in [3.05, 3.63) is 0 Å². The summed E-state index contributed by atoms with van der Waals surface area (Å²) in [4.78, 5) is 14.2. The van der Waals surface area contributed by atoms with Gasteiger partial charge in [-0.3, -0.25) is 0 Å². The van der Waals surface area contributed by atoms with Gasteiger partial charge in [0.2, 0.25) is 0 Å². The first kappa shape index (κ1) is 13.3. The van der Waals surface area contributed by atoms with Crippen LogP contribution in [0.3, 0.4) is 0 Å². The van der Waals surface area contributed by atoms with Crippen molar-refractivity contribution < 1.29 is 15.0 Å². The predicted molar refractivity (Wildman–Crippen MR) is 61.5 cm³/mol. The molecule has 1 aliphatic rings. The van der Waals surface area contributed by atoms with Crippen LogP contribution in [0.25, 0.3) is 0 Å². The molecule has 1 unspecified atom stereocenters. The van der Waals surface area contributed by atoms with Gasteiger partial charge in [-0.15, -0.1) is 0 Å². The highest BCUT2D eigenvalue weighted by Gasteiger charge is 2.54. The predicted octanol–water partition coefficient (Wildman–Crippen LogP) is 0.687. The summed E-state index contributed by atoms with van der Waals surface area (Å²) in [5, 5.41) is 19.7. The van der Waals surface area contributed by atoms with Crippen LogP contribution in [0, 0.1) is 5.41 Å². The average molecular weight is 230 g/mol. The van der Waals surface area contributed by atoms with Crippen LogP contribution in [-0.2, 0) is 0 Å². The molecule has 0 spiro atoms. The van der Waals surface area contributed by atoms with Gasteiger partial charge in [0.05, 0.1) is 12.6 Å². The summed E-state index contributed by atoms with van der Waals surface area (Å²) in [6, 6.07) is -0.163. The van der Waals surface area contributed by atoms with E-state index in [9.17, 15) is 9.90 Å². The van der Waals surface area contributed by atoms with E-state index in [0.29, 0.717) is 6.54 Å². The van der Waals surface area contributed by atoms with Crippen LogP contribution in [-0.4, -0.2) is 64.9 Å². The second-order valence-corrected chi connectivity index (χ2v) is 5.82. The first-order valence-corrected chi connectivity index (χ1v) is 5.46. The Balaban J connectivity index is 3.02. The van der Waals surface area contributed by atoms with Crippen molar-refractivity contribution in [3.8, 4) is 0 Å². The van der Waals surface area contributed by atoms with E-state index in [-0.39, 0.29) is 18.0 Å². The van der Waals surface area contributed by atoms with E-state index >= 15 is 0 Å². The van der Waals surface area contributed by atoms with E-state index in [4.69, 9.17) is 5.11 Å². The topological polar surface area (TPSA) is 64.0 Å². The molecule has 1 aliphatic heterocycles. The molecule has 1 fully saturated rings. The molecular weight excluding hydrogens is 208 g/mol. The Morgan fingerprint density at radius 2 is 1.94 bits per heavy atom. The number of likely N-dealkylation sites (tertiary alicyclic amines) is 1. The van der Waals surface area contributed by atoms with E-state index in [1.54, 1.807) is 0 Å². The Morgan fingerprint density at radius 1 is 1.44 bits per heavy atom. The van der Waals surface area contributed by atoms with Gasteiger partial charge in [0, 0.05) is 6.54 Å². The van der Waals surface area contributed by atoms with Gasteiger partial charge in [-0.05, 0) is 19.5 Å². The number of hydrogen-bond acceptors (Lipinski definition) is 3. The number of amides is 1. The minimum absolute atomic E-state index is 0.163. The fourth-order valence-corrected chi connectivity index (χ4v) is 2.29. The van der Waals surface area contributed by atoms with E-state index in [2.05, 4.69) is 0 Å². The third-order valence-corrected chi connectivity index (χ3v) is 3.57. The molecule has 94 valence electrons. The van der Waals surface area contributed by atoms with Crippen LogP contribution in [0.2, 0.25) is 0 Å². The van der Waals surface area contributed by atoms with E-state index in [0.717, 1.165) is 0 Å². The standard InChI is InChI=1S/C11H22N2O3/c1-10(2,3)11(16)7-13(9(14)15)6-8(11)12(4)5/h8,16H,6-7H2,1-5H3,(H,14,15)/t8-,11?/m1/s1. The molecule has 2 atom stereocenters. The van der Waals surface area contributed by atoms with Crippen LogP contribution < -0.4 is 0 Å². The lowest BCUT2D eigenvalue weighted by Crippen LogP contribution is -2.57. The summed E-state index contributed by atoms with van der Waals surface area (Å²) in [7, 11) is 3.74. The van der Waals surface area contributed by atoms with Crippen molar-refractivity contribution in [2.75, 3.05) is 27.2 Å². The molecule has 0 aromatic rings. The molecule has 0 radical (unpaired) electrons. The normalized spacial score (nSPS) is 31.2. The van der Waals surface area contributed by atoms with Crippen molar-refractivity contribution in [2.24, 2.45) is 5.41 Å². The Hall–Kier alpha value is -0.810. The van der Waals surface area contributed by atoms with E-state index in [1.807, 2.05) is 39.8 Å². The number of β-amino-alcohol motifs (C(OH)–C–C–N with tert-alkyl or cyclic N) is 1. The van der Waals surface area contributed by atoms with Gasteiger partial charge in [-0.2, -0.15) is 0 Å². The fourth-order valence-electron chi connectivity index (χ4n) is 2.29. The lowest BCUT2D eigenvalue weighted by molar-refractivity contribution is -0.0851. The summed E-state index contributed by atoms with van der Waals surface area (Å²) in [6.07, 6.45) is -0.966. The van der Waals surface area contributed by atoms with Crippen LogP contribution in [0.5, 0.6) is 0 Å². The minimum atomic E-state index is -1.01. The second-order valence-electron chi connectivity index (χ2n) is 5.82. The third kappa shape index (κ3) is 2.01. The van der Waals surface area contributed by atoms with Gasteiger partial charge in [0.1, 0.15) is 5.60 Å². The number of rotatable bonds is 1. The monoisotopic (exact) mass is 230 g/mol. The quantitative estimate of drug-likeness (QED) is 0.695. The molecule has 16 heavy (non-hydrogen) atoms. The largest absolute Gasteiger partial charge is 0.465 e. The van der Waals surface area contributed by atoms with Crippen LogP contribution in [0.15, 0.2) is 0 Å². The van der Waals surface area contributed by atoms with Crippen molar-refractivity contribution >= 4 is 6.09 Å². The lowest BCUT2D eigenvalue weighted by Gasteiger charge is -2.43. The summed E-state index contributed by atoms with van der Waals surface area (Å²) in [6.45, 7) is 6.35. The molecule has 5 nitrogen and oxygen atoms in total. The van der Waals surface area contributed by atoms with E-state index < -0.39 is 11.7 Å². The molecule has 0 aromatic heterocycles. The smallest absolute Gasteiger partial charge is 0.407 e. The minimum Gasteiger partial charge on any atom is -0.465 e. The van der Waals surface area contributed by atoms with Crippen molar-refractivity contribution in [1.29, 1.82) is 0 Å². The zero-order valence-corrected chi connectivity index (χ0v) is 10.7. The van der Waals surface area contributed by atoms with Gasteiger partial charge in [0.15, 0.2) is 0 Å². The maximum Gasteiger partial charge on any atom is 0.407 e. The molecule has 1 heterocycles. The fraction of sp³-hybridized carbons (Fsp3) is 0.909. The Labute approximate surface area is 96.7 Å². The molecule has 0 aliphatic carbocycles. The van der Waals surface area contributed by atoms with Crippen LogP contribution in [0.4, 0.5) is 4.79 Å². The zero-order valence-electron chi connectivity index (χ0n) is 10.7. The van der Waals surface area contributed by atoms with Gasteiger partial charge in [0.25, 0.3) is 0 Å². The van der Waals surface area contributed by atoms with Gasteiger partial charge in [-0.25, -0.2) is 4.79 Å². The number of likely N-dealkylation sites (N-methyl/N-ethyl adjacent to an activating group) is 1. The molecule has 1 amide bonds. The van der Waals surface area contributed by atoms with Gasteiger partial charge in [-0.1, -0.05) is 20.8 Å². The molecule has 0 bridgehead atoms. The van der Waals surface area contributed by atoms with Crippen molar-refractivity contribution in [1.82, 2.24) is 9.80 Å². The average Bonchev–Trinajstić information content (AvgIpc) is 2.43. The Bertz CT molecular complexity index is 285. The molecule has 1 rings (SSSR count). The molecule has 0 aromatic carbocycles. The highest BCUT2D eigenvalue weighted by Crippen LogP contribution is 2.39. The number of hydrogen-bond donors (Lipinski definition) is 2. The molecule has 1 saturated heterocycles. The Morgan fingerprint density at radius 3 is 2.19 bits per heavy atom. The highest BCUT2D eigenvalue weighted by atomic mass is 16.4. The summed E-state index contributed by atoms with van der Waals surface area (Å²) >= 11 is 0. The highest BCUT2D eigenvalue weighted by molar-refractivity contribution is 5.66. The first-order valence-electron chi connectivity index (χ1n) is 5.46. The van der Waals surface area contributed by atoms with E-state index in [1.165, 1.54) is 4.90 Å². The Kier molecular flexibility index (Phi) is 3.22. The second kappa shape index (κ2) is 3.89. The summed E-state index contributed by atoms with van der Waals surface area (Å²) in [5.41, 5.74) is -1.36. The summed E-state index contributed by atoms with van der Waals surface area (Å²) in [5.74, 6) is 0. The molecule has 0 saturated carbocycles. The number of nitrogens with zero attached hydrogens (tertiary/aromatic N) is 2. The molecule has 2 N–H and O–H groups in total. The molecule has 5 heteroatoms. The number of carboxylic acid groups (broad SMARTS) is 1. The zero-order chi connectivity index (χ0) is 12.7. The molecular formula is C11H22N2O3. The van der Waals surface area contributed by atoms with Crippen LogP contribution >= 0.6 is 0 Å². The first-order chi connectivity index (χ1) is 7.09. The van der Waals surface area contributed by atoms with Gasteiger partial charge >= 0.3 is 6.09 Å². The van der Waals surface area contributed by atoms with Crippen LogP contribution in [0.1, 0.15) is 20.8 Å². The third-order valence-electron chi connectivity index (χ3n) is 3.57. The number of carbonyl (C=O) groups is 1. The lowest BCUT2D eigenvalue weighted by atomic mass is 9.73.